The zero-order valence-corrected chi connectivity index (χ0v) is 11.4. The lowest BCUT2D eigenvalue weighted by molar-refractivity contribution is -0.119. The maximum Gasteiger partial charge on any atom is 0.226 e. The molecule has 0 bridgehead atoms. The summed E-state index contributed by atoms with van der Waals surface area (Å²) >= 11 is 0. The van der Waals surface area contributed by atoms with Gasteiger partial charge in [-0.3, -0.25) is 4.79 Å². The summed E-state index contributed by atoms with van der Waals surface area (Å²) in [6, 6.07) is 5.45. The second-order valence-electron chi connectivity index (χ2n) is 5.10. The Labute approximate surface area is 118 Å². The van der Waals surface area contributed by atoms with Crippen LogP contribution in [0, 0.1) is 0 Å². The molecular formula is C15H19NO4. The SMILES string of the molecule is O=C(CC1CCCCO1)Nc1ccc2c(c1)OCCO2. The summed E-state index contributed by atoms with van der Waals surface area (Å²) < 4.78 is 16.5. The predicted molar refractivity (Wildman–Crippen MR) is 74.3 cm³/mol. The summed E-state index contributed by atoms with van der Waals surface area (Å²) in [7, 11) is 0. The summed E-state index contributed by atoms with van der Waals surface area (Å²) in [5.41, 5.74) is 0.732. The molecule has 5 heteroatoms. The van der Waals surface area contributed by atoms with Crippen LogP contribution < -0.4 is 14.8 Å². The van der Waals surface area contributed by atoms with Crippen LogP contribution in [0.25, 0.3) is 0 Å². The monoisotopic (exact) mass is 277 g/mol. The van der Waals surface area contributed by atoms with E-state index in [0.717, 1.165) is 37.3 Å². The molecule has 0 spiro atoms. The highest BCUT2D eigenvalue weighted by Crippen LogP contribution is 2.32. The van der Waals surface area contributed by atoms with Crippen molar-refractivity contribution in [3.8, 4) is 11.5 Å². The Balaban J connectivity index is 1.58. The quantitative estimate of drug-likeness (QED) is 0.921. The van der Waals surface area contributed by atoms with E-state index in [2.05, 4.69) is 5.32 Å². The van der Waals surface area contributed by atoms with E-state index in [1.807, 2.05) is 12.1 Å². The van der Waals surface area contributed by atoms with E-state index >= 15 is 0 Å². The number of anilines is 1. The van der Waals surface area contributed by atoms with E-state index in [9.17, 15) is 4.79 Å². The van der Waals surface area contributed by atoms with Gasteiger partial charge in [-0.15, -0.1) is 0 Å². The molecule has 20 heavy (non-hydrogen) atoms. The van der Waals surface area contributed by atoms with Crippen LogP contribution in [-0.4, -0.2) is 31.8 Å². The first-order valence-electron chi connectivity index (χ1n) is 7.12. The van der Waals surface area contributed by atoms with Gasteiger partial charge in [-0.2, -0.15) is 0 Å². The average molecular weight is 277 g/mol. The number of hydrogen-bond acceptors (Lipinski definition) is 4. The first kappa shape index (κ1) is 13.2. The van der Waals surface area contributed by atoms with Gasteiger partial charge in [0, 0.05) is 18.4 Å². The number of carbonyl (C=O) groups excluding carboxylic acids is 1. The summed E-state index contributed by atoms with van der Waals surface area (Å²) in [5.74, 6) is 1.39. The highest BCUT2D eigenvalue weighted by molar-refractivity contribution is 5.91. The standard InChI is InChI=1S/C15H19NO4/c17-15(10-12-3-1-2-6-18-12)16-11-4-5-13-14(9-11)20-8-7-19-13/h4-5,9,12H,1-3,6-8,10H2,(H,16,17). The topological polar surface area (TPSA) is 56.8 Å². The molecule has 1 atom stereocenters. The fourth-order valence-corrected chi connectivity index (χ4v) is 2.51. The lowest BCUT2D eigenvalue weighted by atomic mass is 10.1. The van der Waals surface area contributed by atoms with Crippen molar-refractivity contribution in [2.75, 3.05) is 25.1 Å². The molecule has 2 aliphatic rings. The Hall–Kier alpha value is -1.75. The van der Waals surface area contributed by atoms with Crippen LogP contribution in [0.4, 0.5) is 5.69 Å². The van der Waals surface area contributed by atoms with Gasteiger partial charge < -0.3 is 19.5 Å². The van der Waals surface area contributed by atoms with Crippen molar-refractivity contribution in [2.45, 2.75) is 31.8 Å². The maximum absolute atomic E-state index is 12.0. The van der Waals surface area contributed by atoms with Gasteiger partial charge in [-0.25, -0.2) is 0 Å². The molecule has 1 aromatic carbocycles. The molecule has 5 nitrogen and oxygen atoms in total. The van der Waals surface area contributed by atoms with Crippen molar-refractivity contribution in [2.24, 2.45) is 0 Å². The van der Waals surface area contributed by atoms with Gasteiger partial charge >= 0.3 is 0 Å². The zero-order chi connectivity index (χ0) is 13.8. The minimum Gasteiger partial charge on any atom is -0.486 e. The first-order chi connectivity index (χ1) is 9.81. The third-order valence-electron chi connectivity index (χ3n) is 3.51. The predicted octanol–water partition coefficient (Wildman–Crippen LogP) is 2.36. The fraction of sp³-hybridized carbons (Fsp3) is 0.533. The van der Waals surface area contributed by atoms with Gasteiger partial charge in [0.2, 0.25) is 5.91 Å². The molecule has 1 aromatic rings. The molecule has 1 saturated heterocycles. The normalized spacial score (nSPS) is 21.3. The van der Waals surface area contributed by atoms with Crippen LogP contribution in [-0.2, 0) is 9.53 Å². The molecule has 2 heterocycles. The van der Waals surface area contributed by atoms with Crippen molar-refractivity contribution in [1.82, 2.24) is 0 Å². The molecule has 2 aliphatic heterocycles. The highest BCUT2D eigenvalue weighted by atomic mass is 16.6. The Morgan fingerprint density at radius 3 is 2.80 bits per heavy atom. The van der Waals surface area contributed by atoms with E-state index < -0.39 is 0 Å². The number of hydrogen-bond donors (Lipinski definition) is 1. The third kappa shape index (κ3) is 3.22. The van der Waals surface area contributed by atoms with Gasteiger partial charge in [0.05, 0.1) is 12.5 Å². The number of nitrogens with one attached hydrogen (secondary N) is 1. The Bertz CT molecular complexity index is 483. The van der Waals surface area contributed by atoms with Crippen molar-refractivity contribution >= 4 is 11.6 Å². The minimum absolute atomic E-state index is 0.0198. The smallest absolute Gasteiger partial charge is 0.226 e. The van der Waals surface area contributed by atoms with Crippen molar-refractivity contribution < 1.29 is 19.0 Å². The molecule has 3 rings (SSSR count). The second-order valence-corrected chi connectivity index (χ2v) is 5.10. The maximum atomic E-state index is 12.0. The van der Waals surface area contributed by atoms with Gasteiger partial charge in [-0.05, 0) is 31.4 Å². The van der Waals surface area contributed by atoms with Crippen molar-refractivity contribution in [1.29, 1.82) is 0 Å². The fourth-order valence-electron chi connectivity index (χ4n) is 2.51. The Kier molecular flexibility index (Phi) is 4.06. The molecular weight excluding hydrogens is 258 g/mol. The van der Waals surface area contributed by atoms with Crippen LogP contribution >= 0.6 is 0 Å². The van der Waals surface area contributed by atoms with Gasteiger partial charge in [0.15, 0.2) is 11.5 Å². The number of benzene rings is 1. The molecule has 1 N–H and O–H groups in total. The van der Waals surface area contributed by atoms with E-state index in [1.165, 1.54) is 0 Å². The molecule has 0 radical (unpaired) electrons. The number of carbonyl (C=O) groups is 1. The lowest BCUT2D eigenvalue weighted by Gasteiger charge is -2.22. The van der Waals surface area contributed by atoms with Crippen LogP contribution in [0.15, 0.2) is 18.2 Å². The van der Waals surface area contributed by atoms with Crippen LogP contribution in [0.3, 0.4) is 0 Å². The summed E-state index contributed by atoms with van der Waals surface area (Å²) in [6.45, 7) is 1.88. The van der Waals surface area contributed by atoms with Gasteiger partial charge in [-0.1, -0.05) is 0 Å². The first-order valence-corrected chi connectivity index (χ1v) is 7.12. The van der Waals surface area contributed by atoms with E-state index in [1.54, 1.807) is 6.07 Å². The highest BCUT2D eigenvalue weighted by Gasteiger charge is 2.18. The number of rotatable bonds is 3. The van der Waals surface area contributed by atoms with E-state index in [-0.39, 0.29) is 12.0 Å². The summed E-state index contributed by atoms with van der Waals surface area (Å²) in [6.07, 6.45) is 3.67. The molecule has 0 aromatic heterocycles. The van der Waals surface area contributed by atoms with Crippen molar-refractivity contribution in [3.05, 3.63) is 18.2 Å². The average Bonchev–Trinajstić information content (AvgIpc) is 2.48. The summed E-state index contributed by atoms with van der Waals surface area (Å²) in [4.78, 5) is 12.0. The van der Waals surface area contributed by atoms with E-state index in [0.29, 0.717) is 25.4 Å². The largest absolute Gasteiger partial charge is 0.486 e. The van der Waals surface area contributed by atoms with Crippen LogP contribution in [0.2, 0.25) is 0 Å². The number of amides is 1. The Morgan fingerprint density at radius 2 is 2.00 bits per heavy atom. The van der Waals surface area contributed by atoms with E-state index in [4.69, 9.17) is 14.2 Å². The molecule has 1 fully saturated rings. The second kappa shape index (κ2) is 6.13. The minimum atomic E-state index is -0.0198. The molecule has 108 valence electrons. The van der Waals surface area contributed by atoms with Crippen LogP contribution in [0.5, 0.6) is 11.5 Å². The van der Waals surface area contributed by atoms with Crippen LogP contribution in [0.1, 0.15) is 25.7 Å². The lowest BCUT2D eigenvalue weighted by Crippen LogP contribution is -2.25. The number of ether oxygens (including phenoxy) is 3. The van der Waals surface area contributed by atoms with Gasteiger partial charge in [0.1, 0.15) is 13.2 Å². The molecule has 0 saturated carbocycles. The Morgan fingerprint density at radius 1 is 1.15 bits per heavy atom. The van der Waals surface area contributed by atoms with Gasteiger partial charge in [0.25, 0.3) is 0 Å². The zero-order valence-electron chi connectivity index (χ0n) is 11.4. The summed E-state index contributed by atoms with van der Waals surface area (Å²) in [5, 5.41) is 2.88. The van der Waals surface area contributed by atoms with Crippen molar-refractivity contribution in [3.63, 3.8) is 0 Å². The molecule has 1 amide bonds. The molecule has 0 aliphatic carbocycles. The third-order valence-corrected chi connectivity index (χ3v) is 3.51. The molecule has 1 unspecified atom stereocenters. The number of fused-ring (bicyclic) bond motifs is 1.